The van der Waals surface area contributed by atoms with E-state index in [1.165, 1.54) is 0 Å². The lowest BCUT2D eigenvalue weighted by Gasteiger charge is -2.39. The summed E-state index contributed by atoms with van der Waals surface area (Å²) in [5.41, 5.74) is 0.385. The molecule has 2 unspecified atom stereocenters. The maximum Gasteiger partial charge on any atom is 0.500 e. The van der Waals surface area contributed by atoms with Gasteiger partial charge in [0.15, 0.2) is 6.10 Å². The molecule has 2 atom stereocenters. The molecule has 0 saturated heterocycles. The highest BCUT2D eigenvalue weighted by atomic mass is 35.5. The summed E-state index contributed by atoms with van der Waals surface area (Å²) in [6.07, 6.45) is 2.17. The van der Waals surface area contributed by atoms with E-state index >= 15 is 0 Å². The Morgan fingerprint density at radius 2 is 1.68 bits per heavy atom. The van der Waals surface area contributed by atoms with Gasteiger partial charge in [-0.1, -0.05) is 13.2 Å². The molecule has 0 radical (unpaired) electrons. The molecule has 0 aromatic carbocycles. The summed E-state index contributed by atoms with van der Waals surface area (Å²) in [5.74, 6) is -0.392. The average Bonchev–Trinajstić information content (AvgIpc) is 2.55. The molecule has 0 heterocycles. The van der Waals surface area contributed by atoms with Gasteiger partial charge in [0, 0.05) is 39.4 Å². The Bertz CT molecular complexity index is 432. The van der Waals surface area contributed by atoms with Gasteiger partial charge in [-0.05, 0) is 19.9 Å². The zero-order valence-corrected chi connectivity index (χ0v) is 18.4. The third-order valence-corrected chi connectivity index (χ3v) is 7.38. The monoisotopic (exact) mass is 395 g/mol. The van der Waals surface area contributed by atoms with Crippen molar-refractivity contribution in [3.8, 4) is 0 Å². The Labute approximate surface area is 160 Å². The van der Waals surface area contributed by atoms with Crippen molar-refractivity contribution in [3.63, 3.8) is 0 Å². The molecule has 0 aromatic rings. The second kappa shape index (κ2) is 11.8. The summed E-state index contributed by atoms with van der Waals surface area (Å²) in [6, 6.07) is 0.782. The van der Waals surface area contributed by atoms with E-state index in [4.69, 9.17) is 18.0 Å². The topological polar surface area (TPSA) is 54.0 Å². The highest BCUT2D eigenvalue weighted by Gasteiger charge is 2.39. The average molecular weight is 396 g/mol. The van der Waals surface area contributed by atoms with Crippen LogP contribution in [0, 0.1) is 0 Å². The fourth-order valence-corrected chi connectivity index (χ4v) is 4.13. The predicted octanol–water partition coefficient (Wildman–Crippen LogP) is -0.603. The Morgan fingerprint density at radius 3 is 2.04 bits per heavy atom. The molecule has 0 bridgehead atoms. The molecular formula is C17H34ClNO5Si. The molecule has 0 aliphatic rings. The van der Waals surface area contributed by atoms with Gasteiger partial charge >= 0.3 is 14.8 Å². The summed E-state index contributed by atoms with van der Waals surface area (Å²) in [7, 11) is 6.50. The zero-order valence-electron chi connectivity index (χ0n) is 16.6. The Kier molecular flexibility index (Phi) is 12.5. The third kappa shape index (κ3) is 8.02. The lowest BCUT2D eigenvalue weighted by atomic mass is 10.1. The number of rotatable bonds is 12. The van der Waals surface area contributed by atoms with Gasteiger partial charge in [-0.3, -0.25) is 0 Å². The second-order valence-electron chi connectivity index (χ2n) is 6.53. The van der Waals surface area contributed by atoms with Gasteiger partial charge < -0.3 is 34.9 Å². The van der Waals surface area contributed by atoms with E-state index in [0.29, 0.717) is 10.1 Å². The van der Waals surface area contributed by atoms with Crippen molar-refractivity contribution in [3.05, 3.63) is 24.8 Å². The van der Waals surface area contributed by atoms with Crippen LogP contribution in [0.3, 0.4) is 0 Å². The van der Waals surface area contributed by atoms with Crippen LogP contribution in [0.4, 0.5) is 0 Å². The van der Waals surface area contributed by atoms with Crippen LogP contribution >= 0.6 is 0 Å². The first-order valence-electron chi connectivity index (χ1n) is 8.06. The first kappa shape index (κ1) is 26.5. The van der Waals surface area contributed by atoms with Crippen molar-refractivity contribution >= 4 is 14.8 Å². The van der Waals surface area contributed by atoms with Crippen LogP contribution in [0.15, 0.2) is 24.8 Å². The second-order valence-corrected chi connectivity index (χ2v) is 9.62. The van der Waals surface area contributed by atoms with Crippen molar-refractivity contribution in [2.75, 3.05) is 42.0 Å². The molecule has 0 fully saturated rings. The fraction of sp³-hybridized carbons (Fsp3) is 0.706. The Morgan fingerprint density at radius 1 is 1.20 bits per heavy atom. The summed E-state index contributed by atoms with van der Waals surface area (Å²) in [6.45, 7) is 12.0. The van der Waals surface area contributed by atoms with E-state index in [1.807, 2.05) is 6.92 Å². The molecule has 0 aromatic heterocycles. The van der Waals surface area contributed by atoms with Crippen LogP contribution in [0.5, 0.6) is 0 Å². The van der Waals surface area contributed by atoms with E-state index in [-0.39, 0.29) is 24.6 Å². The summed E-state index contributed by atoms with van der Waals surface area (Å²) < 4.78 is 22.5. The maximum absolute atomic E-state index is 11.8. The molecule has 0 spiro atoms. The van der Waals surface area contributed by atoms with Gasteiger partial charge in [-0.15, -0.1) is 0 Å². The normalized spacial score (nSPS) is 14.2. The van der Waals surface area contributed by atoms with Gasteiger partial charge in [0.2, 0.25) is 0 Å². The molecule has 8 heteroatoms. The van der Waals surface area contributed by atoms with Crippen molar-refractivity contribution in [1.29, 1.82) is 0 Å². The van der Waals surface area contributed by atoms with E-state index in [9.17, 15) is 4.79 Å². The molecule has 0 aliphatic heterocycles. The molecule has 25 heavy (non-hydrogen) atoms. The lowest BCUT2D eigenvalue weighted by Crippen LogP contribution is -3.00. The quantitative estimate of drug-likeness (QED) is 0.145. The number of quaternary nitrogens is 1. The minimum Gasteiger partial charge on any atom is -1.00 e. The van der Waals surface area contributed by atoms with Crippen LogP contribution in [-0.4, -0.2) is 73.4 Å². The Hall–Kier alpha value is -0.703. The fourth-order valence-electron chi connectivity index (χ4n) is 2.43. The zero-order chi connectivity index (χ0) is 19.0. The molecule has 0 N–H and O–H groups in total. The summed E-state index contributed by atoms with van der Waals surface area (Å²) in [5, 5.41) is 0. The summed E-state index contributed by atoms with van der Waals surface area (Å²) in [4.78, 5) is 11.8. The van der Waals surface area contributed by atoms with Crippen molar-refractivity contribution in [2.45, 2.75) is 38.5 Å². The van der Waals surface area contributed by atoms with Crippen LogP contribution in [0.1, 0.15) is 20.3 Å². The smallest absolute Gasteiger partial charge is 0.500 e. The van der Waals surface area contributed by atoms with Gasteiger partial charge in [0.1, 0.15) is 6.04 Å². The maximum atomic E-state index is 11.8. The lowest BCUT2D eigenvalue weighted by molar-refractivity contribution is -0.915. The number of esters is 1. The summed E-state index contributed by atoms with van der Waals surface area (Å²) >= 11 is 0. The predicted molar refractivity (Wildman–Crippen MR) is 97.5 cm³/mol. The minimum atomic E-state index is -2.56. The highest BCUT2D eigenvalue weighted by Crippen LogP contribution is 2.20. The first-order valence-corrected chi connectivity index (χ1v) is 9.99. The number of ether oxygens (including phenoxy) is 1. The molecule has 0 amide bonds. The van der Waals surface area contributed by atoms with Crippen LogP contribution < -0.4 is 12.4 Å². The minimum absolute atomic E-state index is 0. The number of likely N-dealkylation sites (N-methyl/N-ethyl adjacent to an activating group) is 1. The van der Waals surface area contributed by atoms with Crippen molar-refractivity contribution in [2.24, 2.45) is 0 Å². The molecule has 0 rings (SSSR count). The number of nitrogens with zero attached hydrogens (tertiary/aromatic N) is 1. The number of hydrogen-bond donors (Lipinski definition) is 0. The Balaban J connectivity index is 0. The SMILES string of the molecule is C=CC(OC(=O)C(=C)C)C(C)[N+](C)(C)CCC[Si](OC)(OC)OC.[Cl-]. The van der Waals surface area contributed by atoms with E-state index in [2.05, 4.69) is 27.3 Å². The van der Waals surface area contributed by atoms with Gasteiger partial charge in [0.25, 0.3) is 0 Å². The number of carbonyl (C=O) groups excluding carboxylic acids is 1. The van der Waals surface area contributed by atoms with Gasteiger partial charge in [-0.2, -0.15) is 0 Å². The van der Waals surface area contributed by atoms with Crippen molar-refractivity contribution < 1.29 is 39.7 Å². The van der Waals surface area contributed by atoms with E-state index in [0.717, 1.165) is 19.0 Å². The van der Waals surface area contributed by atoms with Crippen LogP contribution in [-0.2, 0) is 22.8 Å². The van der Waals surface area contributed by atoms with Crippen LogP contribution in [0.2, 0.25) is 6.04 Å². The van der Waals surface area contributed by atoms with E-state index in [1.54, 1.807) is 34.3 Å². The molecule has 148 valence electrons. The number of halogens is 1. The van der Waals surface area contributed by atoms with Gasteiger partial charge in [0.05, 0.1) is 20.6 Å². The molecule has 0 aliphatic carbocycles. The van der Waals surface area contributed by atoms with Gasteiger partial charge in [-0.25, -0.2) is 4.79 Å². The van der Waals surface area contributed by atoms with Crippen LogP contribution in [0.25, 0.3) is 0 Å². The highest BCUT2D eigenvalue weighted by molar-refractivity contribution is 6.60. The number of carbonyl (C=O) groups is 1. The number of hydrogen-bond acceptors (Lipinski definition) is 5. The van der Waals surface area contributed by atoms with E-state index < -0.39 is 14.8 Å². The van der Waals surface area contributed by atoms with Crippen molar-refractivity contribution in [1.82, 2.24) is 0 Å². The molecule has 6 nitrogen and oxygen atoms in total. The standard InChI is InChI=1S/C17H34NO5Si.ClH/c1-10-16(23-17(19)14(2)3)15(4)18(5,6)12-11-13-24(20-7,21-8)22-9;/h10,15-16H,1-2,11-13H2,3-9H3;1H/q+1;/p-1. The third-order valence-electron chi connectivity index (χ3n) is 4.55. The molecular weight excluding hydrogens is 362 g/mol. The molecule has 0 saturated carbocycles. The first-order chi connectivity index (χ1) is 11.1. The largest absolute Gasteiger partial charge is 1.00 e.